The summed E-state index contributed by atoms with van der Waals surface area (Å²) in [5.41, 5.74) is 0. The number of carbonyl (C=O) groups excluding carboxylic acids is 3. The van der Waals surface area contributed by atoms with E-state index in [-0.39, 0.29) is 31.1 Å². The molecule has 0 aliphatic heterocycles. The molecule has 2 atom stereocenters. The van der Waals surface area contributed by atoms with Crippen molar-refractivity contribution < 1.29 is 28.6 Å². The fourth-order valence-corrected chi connectivity index (χ4v) is 7.78. The molecule has 0 bridgehead atoms. The molecule has 6 heteroatoms. The van der Waals surface area contributed by atoms with Crippen LogP contribution in [-0.2, 0) is 28.6 Å². The van der Waals surface area contributed by atoms with Crippen molar-refractivity contribution in [2.24, 2.45) is 11.8 Å². The zero-order valence-corrected chi connectivity index (χ0v) is 39.7. The highest BCUT2D eigenvalue weighted by Crippen LogP contribution is 2.18. The molecular weight excluding hydrogens is 721 g/mol. The summed E-state index contributed by atoms with van der Waals surface area (Å²) < 4.78 is 16.8. The molecule has 6 nitrogen and oxygen atoms in total. The maximum Gasteiger partial charge on any atom is 0.306 e. The Labute approximate surface area is 361 Å². The van der Waals surface area contributed by atoms with Crippen molar-refractivity contribution in [1.82, 2.24) is 0 Å². The van der Waals surface area contributed by atoms with E-state index in [1.54, 1.807) is 0 Å². The third kappa shape index (κ3) is 44.0. The Morgan fingerprint density at radius 3 is 0.983 bits per heavy atom. The first-order valence-corrected chi connectivity index (χ1v) is 25.8. The summed E-state index contributed by atoms with van der Waals surface area (Å²) in [6, 6.07) is 0. The van der Waals surface area contributed by atoms with Crippen molar-refractivity contribution in [2.75, 3.05) is 13.2 Å². The summed E-state index contributed by atoms with van der Waals surface area (Å²) in [7, 11) is 0. The first-order chi connectivity index (χ1) is 28.3. The molecular formula is C52H100O6. The maximum absolute atomic E-state index is 12.7. The van der Waals surface area contributed by atoms with Crippen LogP contribution in [0.5, 0.6) is 0 Å². The van der Waals surface area contributed by atoms with Crippen LogP contribution in [0.3, 0.4) is 0 Å². The van der Waals surface area contributed by atoms with Crippen molar-refractivity contribution >= 4 is 17.9 Å². The minimum Gasteiger partial charge on any atom is -0.462 e. The van der Waals surface area contributed by atoms with Gasteiger partial charge in [-0.25, -0.2) is 0 Å². The van der Waals surface area contributed by atoms with E-state index in [1.807, 2.05) is 0 Å². The van der Waals surface area contributed by atoms with E-state index in [0.717, 1.165) is 69.6 Å². The van der Waals surface area contributed by atoms with Crippen LogP contribution in [0.1, 0.15) is 285 Å². The Bertz CT molecular complexity index is 887. The molecule has 58 heavy (non-hydrogen) atoms. The van der Waals surface area contributed by atoms with E-state index < -0.39 is 6.10 Å². The Hall–Kier alpha value is -1.59. The average Bonchev–Trinajstić information content (AvgIpc) is 3.21. The van der Waals surface area contributed by atoms with Gasteiger partial charge in [-0.2, -0.15) is 0 Å². The van der Waals surface area contributed by atoms with Crippen molar-refractivity contribution in [2.45, 2.75) is 291 Å². The Morgan fingerprint density at radius 2 is 0.655 bits per heavy atom. The van der Waals surface area contributed by atoms with Crippen LogP contribution in [0.4, 0.5) is 0 Å². The number of ether oxygens (including phenoxy) is 3. The fourth-order valence-electron chi connectivity index (χ4n) is 7.78. The molecule has 0 amide bonds. The van der Waals surface area contributed by atoms with Crippen molar-refractivity contribution in [3.05, 3.63) is 0 Å². The second kappa shape index (κ2) is 44.9. The molecule has 0 saturated heterocycles. The molecule has 0 aliphatic rings. The molecule has 0 heterocycles. The average molecular weight is 821 g/mol. The minimum atomic E-state index is -0.761. The van der Waals surface area contributed by atoms with E-state index in [4.69, 9.17) is 14.2 Å². The first kappa shape index (κ1) is 56.4. The Kier molecular flexibility index (Phi) is 43.7. The van der Waals surface area contributed by atoms with Gasteiger partial charge in [0.25, 0.3) is 0 Å². The Morgan fingerprint density at radius 1 is 0.362 bits per heavy atom. The third-order valence-electron chi connectivity index (χ3n) is 12.1. The predicted molar refractivity (Wildman–Crippen MR) is 247 cm³/mol. The smallest absolute Gasteiger partial charge is 0.306 e. The monoisotopic (exact) mass is 821 g/mol. The summed E-state index contributed by atoms with van der Waals surface area (Å²) in [6.45, 7) is 11.4. The van der Waals surface area contributed by atoms with Crippen molar-refractivity contribution in [3.63, 3.8) is 0 Å². The number of hydrogen-bond acceptors (Lipinski definition) is 6. The predicted octanol–water partition coefficient (Wildman–Crippen LogP) is 16.5. The lowest BCUT2D eigenvalue weighted by molar-refractivity contribution is -0.167. The van der Waals surface area contributed by atoms with E-state index in [2.05, 4.69) is 34.6 Å². The number of rotatable bonds is 46. The van der Waals surface area contributed by atoms with Crippen LogP contribution in [0.2, 0.25) is 0 Å². The lowest BCUT2D eigenvalue weighted by Gasteiger charge is -2.18. The number of hydrogen-bond donors (Lipinski definition) is 0. The first-order valence-electron chi connectivity index (χ1n) is 25.8. The molecule has 0 N–H and O–H groups in total. The molecule has 0 aromatic carbocycles. The topological polar surface area (TPSA) is 78.9 Å². The minimum absolute atomic E-state index is 0.0639. The normalized spacial score (nSPS) is 12.5. The molecule has 0 aromatic rings. The molecule has 0 rings (SSSR count). The van der Waals surface area contributed by atoms with Crippen molar-refractivity contribution in [1.29, 1.82) is 0 Å². The van der Waals surface area contributed by atoms with Crippen LogP contribution in [-0.4, -0.2) is 37.2 Å². The number of carbonyl (C=O) groups is 3. The van der Waals surface area contributed by atoms with E-state index >= 15 is 0 Å². The zero-order chi connectivity index (χ0) is 42.6. The van der Waals surface area contributed by atoms with Crippen molar-refractivity contribution in [3.8, 4) is 0 Å². The quantitative estimate of drug-likeness (QED) is 0.0346. The highest BCUT2D eigenvalue weighted by molar-refractivity contribution is 5.71. The summed E-state index contributed by atoms with van der Waals surface area (Å²) in [4.78, 5) is 37.9. The lowest BCUT2D eigenvalue weighted by atomic mass is 9.99. The van der Waals surface area contributed by atoms with Gasteiger partial charge >= 0.3 is 17.9 Å². The van der Waals surface area contributed by atoms with Gasteiger partial charge in [0, 0.05) is 19.3 Å². The van der Waals surface area contributed by atoms with Gasteiger partial charge in [-0.3, -0.25) is 14.4 Å². The summed E-state index contributed by atoms with van der Waals surface area (Å²) in [5.74, 6) is 0.846. The van der Waals surface area contributed by atoms with Gasteiger partial charge < -0.3 is 14.2 Å². The van der Waals surface area contributed by atoms with Gasteiger partial charge in [0.2, 0.25) is 0 Å². The molecule has 344 valence electrons. The zero-order valence-electron chi connectivity index (χ0n) is 39.7. The molecule has 0 saturated carbocycles. The van der Waals surface area contributed by atoms with Crippen LogP contribution >= 0.6 is 0 Å². The summed E-state index contributed by atoms with van der Waals surface area (Å²) >= 11 is 0. The fraction of sp³-hybridized carbons (Fsp3) is 0.942. The maximum atomic E-state index is 12.7. The lowest BCUT2D eigenvalue weighted by Crippen LogP contribution is -2.30. The van der Waals surface area contributed by atoms with Gasteiger partial charge in [0.05, 0.1) is 0 Å². The van der Waals surface area contributed by atoms with Crippen LogP contribution < -0.4 is 0 Å². The molecule has 0 aromatic heterocycles. The van der Waals surface area contributed by atoms with E-state index in [9.17, 15) is 14.4 Å². The largest absolute Gasteiger partial charge is 0.462 e. The van der Waals surface area contributed by atoms with Gasteiger partial charge in [0.1, 0.15) is 13.2 Å². The van der Waals surface area contributed by atoms with Gasteiger partial charge in [-0.05, 0) is 31.1 Å². The summed E-state index contributed by atoms with van der Waals surface area (Å²) in [5, 5.41) is 0. The molecule has 1 unspecified atom stereocenters. The van der Waals surface area contributed by atoms with Gasteiger partial charge in [0.15, 0.2) is 6.10 Å². The van der Waals surface area contributed by atoms with Crippen LogP contribution in [0, 0.1) is 11.8 Å². The second-order valence-electron chi connectivity index (χ2n) is 18.5. The summed E-state index contributed by atoms with van der Waals surface area (Å²) in [6.07, 6.45) is 45.1. The van der Waals surface area contributed by atoms with Crippen LogP contribution in [0.25, 0.3) is 0 Å². The number of esters is 3. The molecule has 0 radical (unpaired) electrons. The number of unbranched alkanes of at least 4 members (excludes halogenated alkanes) is 30. The SMILES string of the molecule is CCCCCCCCCCCCC(=O)O[C@H](COC(=O)CCCCCCCCCCCCCCCCCC(C)C)COC(=O)CCCCCCCCCCC(C)CC. The van der Waals surface area contributed by atoms with Crippen LogP contribution in [0.15, 0.2) is 0 Å². The third-order valence-corrected chi connectivity index (χ3v) is 12.1. The molecule has 0 aliphatic carbocycles. The van der Waals surface area contributed by atoms with E-state index in [1.165, 1.54) is 173 Å². The van der Waals surface area contributed by atoms with Gasteiger partial charge in [-0.15, -0.1) is 0 Å². The highest BCUT2D eigenvalue weighted by Gasteiger charge is 2.19. The molecule has 0 fully saturated rings. The molecule has 0 spiro atoms. The second-order valence-corrected chi connectivity index (χ2v) is 18.5. The Balaban J connectivity index is 4.25. The van der Waals surface area contributed by atoms with Gasteiger partial charge in [-0.1, -0.05) is 247 Å². The highest BCUT2D eigenvalue weighted by atomic mass is 16.6. The van der Waals surface area contributed by atoms with E-state index in [0.29, 0.717) is 19.3 Å². The standard InChI is InChI=1S/C52H100O6/c1-6-8-9-10-11-12-21-29-34-39-44-52(55)58-49(46-57-51(54)43-38-33-28-24-23-26-31-36-41-48(5)7-2)45-56-50(53)42-37-32-27-22-19-17-15-13-14-16-18-20-25-30-35-40-47(3)4/h47-49H,6-46H2,1-5H3/t48?,49-/m1/s1.